The minimum Gasteiger partial charge on any atom is -0.390 e. The Morgan fingerprint density at radius 2 is 1.54 bits per heavy atom. The van der Waals surface area contributed by atoms with Crippen molar-refractivity contribution in [2.45, 2.75) is 63.0 Å². The first-order chi connectivity index (χ1) is 23.9. The number of hydrogen-bond donors (Lipinski definition) is 3. The molecule has 0 unspecified atom stereocenters. The molecule has 3 N–H and O–H groups in total. The van der Waals surface area contributed by atoms with Gasteiger partial charge in [0.15, 0.2) is 0 Å². The molecule has 5 rings (SSSR count). The van der Waals surface area contributed by atoms with E-state index in [4.69, 9.17) is 4.74 Å². The van der Waals surface area contributed by atoms with E-state index >= 15 is 0 Å². The Morgan fingerprint density at radius 1 is 0.900 bits per heavy atom. The zero-order valence-corrected chi connectivity index (χ0v) is 28.5. The minimum absolute atomic E-state index is 0.00620. The van der Waals surface area contributed by atoms with E-state index in [1.54, 1.807) is 36.2 Å². The molecule has 0 spiro atoms. The summed E-state index contributed by atoms with van der Waals surface area (Å²) in [5.41, 5.74) is 2.09. The summed E-state index contributed by atoms with van der Waals surface area (Å²) in [7, 11) is 1.73. The lowest BCUT2D eigenvalue weighted by atomic mass is 9.81. The highest BCUT2D eigenvalue weighted by Crippen LogP contribution is 2.36. The van der Waals surface area contributed by atoms with Gasteiger partial charge < -0.3 is 25.4 Å². The van der Waals surface area contributed by atoms with Crippen LogP contribution in [0.15, 0.2) is 103 Å². The van der Waals surface area contributed by atoms with E-state index in [0.29, 0.717) is 43.6 Å². The van der Waals surface area contributed by atoms with Gasteiger partial charge in [-0.1, -0.05) is 72.8 Å². The molecule has 3 atom stereocenters. The van der Waals surface area contributed by atoms with Crippen molar-refractivity contribution in [3.63, 3.8) is 0 Å². The summed E-state index contributed by atoms with van der Waals surface area (Å²) < 4.78 is 46.5. The maximum Gasteiger partial charge on any atom is 0.416 e. The van der Waals surface area contributed by atoms with Crippen molar-refractivity contribution in [1.29, 1.82) is 0 Å². The van der Waals surface area contributed by atoms with Crippen LogP contribution >= 0.6 is 0 Å². The molecule has 4 aromatic carbocycles. The Labute approximate surface area is 291 Å². The van der Waals surface area contributed by atoms with Gasteiger partial charge in [0.05, 0.1) is 23.8 Å². The minimum atomic E-state index is -4.50. The number of ether oxygens (including phenoxy) is 1. The van der Waals surface area contributed by atoms with E-state index in [1.807, 2.05) is 74.5 Å². The number of carbonyl (C=O) groups excluding carboxylic acids is 2. The standard InChI is InChI=1S/C40H44F3N3O4/c1-27-21-31(24-32(22-27)38(49)46(3)28(2)30-13-8-5-9-14-30)37(48)45-35(23-29-11-6-4-7-12-29)36(47)26-44-39(17-19-50-20-18-39)33-15-10-16-34(25-33)40(41,42)43/h4-16,21-22,24-25,28,35-36,44,47H,17-20,23,26H2,1-3H3,(H,45,48)/t28-,35+,36-/m1/s1. The molecule has 2 amide bonds. The number of carbonyl (C=O) groups is 2. The van der Waals surface area contributed by atoms with E-state index in [-0.39, 0.29) is 24.1 Å². The maximum absolute atomic E-state index is 13.8. The summed E-state index contributed by atoms with van der Waals surface area (Å²) >= 11 is 0. The van der Waals surface area contributed by atoms with E-state index in [0.717, 1.165) is 28.8 Å². The summed E-state index contributed by atoms with van der Waals surface area (Å²) in [6.07, 6.45) is -4.50. The van der Waals surface area contributed by atoms with Gasteiger partial charge in [0.2, 0.25) is 0 Å². The zero-order chi connectivity index (χ0) is 35.9. The lowest BCUT2D eigenvalue weighted by molar-refractivity contribution is -0.137. The molecule has 10 heteroatoms. The van der Waals surface area contributed by atoms with Crippen molar-refractivity contribution in [1.82, 2.24) is 15.5 Å². The van der Waals surface area contributed by atoms with Gasteiger partial charge in [0.25, 0.3) is 11.8 Å². The Morgan fingerprint density at radius 3 is 2.20 bits per heavy atom. The Bertz CT molecular complexity index is 1740. The van der Waals surface area contributed by atoms with Crippen LogP contribution in [0.1, 0.15) is 74.3 Å². The lowest BCUT2D eigenvalue weighted by Gasteiger charge is -2.40. The largest absolute Gasteiger partial charge is 0.416 e. The second-order valence-electron chi connectivity index (χ2n) is 13.1. The Hall–Kier alpha value is -4.51. The van der Waals surface area contributed by atoms with Crippen LogP contribution in [0.3, 0.4) is 0 Å². The van der Waals surface area contributed by atoms with Crippen LogP contribution in [-0.2, 0) is 22.9 Å². The highest BCUT2D eigenvalue weighted by Gasteiger charge is 2.38. The van der Waals surface area contributed by atoms with E-state index in [9.17, 15) is 27.9 Å². The fourth-order valence-corrected chi connectivity index (χ4v) is 6.50. The van der Waals surface area contributed by atoms with Gasteiger partial charge in [0.1, 0.15) is 0 Å². The first-order valence-electron chi connectivity index (χ1n) is 16.8. The van der Waals surface area contributed by atoms with Gasteiger partial charge in [-0.05, 0) is 85.7 Å². The third kappa shape index (κ3) is 8.98. The van der Waals surface area contributed by atoms with Crippen molar-refractivity contribution < 1.29 is 32.6 Å². The van der Waals surface area contributed by atoms with Crippen LogP contribution in [0.5, 0.6) is 0 Å². The second-order valence-corrected chi connectivity index (χ2v) is 13.1. The highest BCUT2D eigenvalue weighted by atomic mass is 19.4. The summed E-state index contributed by atoms with van der Waals surface area (Å²) in [6.45, 7) is 4.44. The topological polar surface area (TPSA) is 90.9 Å². The van der Waals surface area contributed by atoms with Crippen LogP contribution in [-0.4, -0.2) is 60.8 Å². The first-order valence-corrected chi connectivity index (χ1v) is 16.8. The van der Waals surface area contributed by atoms with E-state index in [1.165, 1.54) is 6.07 Å². The fraction of sp³-hybridized carbons (Fsp3) is 0.350. The van der Waals surface area contributed by atoms with Crippen molar-refractivity contribution >= 4 is 11.8 Å². The molecule has 7 nitrogen and oxygen atoms in total. The number of nitrogens with zero attached hydrogens (tertiary/aromatic N) is 1. The third-order valence-corrected chi connectivity index (χ3v) is 9.59. The van der Waals surface area contributed by atoms with Gasteiger partial charge in [-0.15, -0.1) is 0 Å². The molecule has 50 heavy (non-hydrogen) atoms. The molecule has 0 bridgehead atoms. The number of aliphatic hydroxyl groups is 1. The lowest BCUT2D eigenvalue weighted by Crippen LogP contribution is -2.54. The average Bonchev–Trinajstić information content (AvgIpc) is 3.13. The number of aliphatic hydroxyl groups excluding tert-OH is 1. The predicted octanol–water partition coefficient (Wildman–Crippen LogP) is 6.84. The summed E-state index contributed by atoms with van der Waals surface area (Å²) in [5.74, 6) is -0.694. The maximum atomic E-state index is 13.8. The summed E-state index contributed by atoms with van der Waals surface area (Å²) in [5, 5.41) is 18.0. The van der Waals surface area contributed by atoms with Crippen LogP contribution in [0.25, 0.3) is 0 Å². The molecular formula is C40H44F3N3O4. The molecule has 0 saturated carbocycles. The number of halogens is 3. The molecule has 1 saturated heterocycles. The summed E-state index contributed by atoms with van der Waals surface area (Å²) in [6, 6.07) is 28.4. The van der Waals surface area contributed by atoms with Gasteiger partial charge in [-0.3, -0.25) is 9.59 Å². The number of rotatable bonds is 12. The number of alkyl halides is 3. The van der Waals surface area contributed by atoms with Gasteiger partial charge in [-0.25, -0.2) is 0 Å². The van der Waals surface area contributed by atoms with Gasteiger partial charge in [0, 0.05) is 43.5 Å². The van der Waals surface area contributed by atoms with Crippen LogP contribution < -0.4 is 10.6 Å². The number of nitrogens with one attached hydrogen (secondary N) is 2. The molecule has 1 aliphatic heterocycles. The number of hydrogen-bond acceptors (Lipinski definition) is 5. The third-order valence-electron chi connectivity index (χ3n) is 9.59. The average molecular weight is 688 g/mol. The van der Waals surface area contributed by atoms with Gasteiger partial charge in [-0.2, -0.15) is 13.2 Å². The van der Waals surface area contributed by atoms with Crippen molar-refractivity contribution in [3.05, 3.63) is 142 Å². The second kappa shape index (κ2) is 16.0. The van der Waals surface area contributed by atoms with Crippen molar-refractivity contribution in [2.75, 3.05) is 26.8 Å². The van der Waals surface area contributed by atoms with Crippen molar-refractivity contribution in [3.8, 4) is 0 Å². The van der Waals surface area contributed by atoms with Crippen LogP contribution in [0.2, 0.25) is 0 Å². The summed E-state index contributed by atoms with van der Waals surface area (Å²) in [4.78, 5) is 29.1. The molecule has 1 heterocycles. The normalized spacial score (nSPS) is 16.2. The monoisotopic (exact) mass is 687 g/mol. The highest BCUT2D eigenvalue weighted by molar-refractivity contribution is 6.00. The Kier molecular flexibility index (Phi) is 11.8. The molecular weight excluding hydrogens is 643 g/mol. The number of aryl methyl sites for hydroxylation is 1. The quantitative estimate of drug-likeness (QED) is 0.152. The molecule has 1 aliphatic rings. The van der Waals surface area contributed by atoms with Crippen LogP contribution in [0.4, 0.5) is 13.2 Å². The fourth-order valence-electron chi connectivity index (χ4n) is 6.50. The molecule has 264 valence electrons. The van der Waals surface area contributed by atoms with Crippen LogP contribution in [0, 0.1) is 6.92 Å². The molecule has 1 fully saturated rings. The molecule has 4 aromatic rings. The predicted molar refractivity (Wildman–Crippen MR) is 187 cm³/mol. The number of amides is 2. The van der Waals surface area contributed by atoms with E-state index in [2.05, 4.69) is 10.6 Å². The smallest absolute Gasteiger partial charge is 0.390 e. The Balaban J connectivity index is 1.36. The SMILES string of the molecule is Cc1cc(C(=O)N[C@@H](Cc2ccccc2)[C@H](O)CNC2(c3cccc(C(F)(F)F)c3)CCOCC2)cc(C(=O)N(C)[C@H](C)c2ccccc2)c1. The van der Waals surface area contributed by atoms with E-state index < -0.39 is 35.3 Å². The molecule has 0 aliphatic carbocycles. The molecule has 0 aromatic heterocycles. The number of benzene rings is 4. The van der Waals surface area contributed by atoms with Crippen molar-refractivity contribution in [2.24, 2.45) is 0 Å². The zero-order valence-electron chi connectivity index (χ0n) is 28.5. The first kappa shape index (κ1) is 36.8. The van der Waals surface area contributed by atoms with Gasteiger partial charge >= 0.3 is 6.18 Å². The molecule has 0 radical (unpaired) electrons.